The van der Waals surface area contributed by atoms with Crippen molar-refractivity contribution in [3.63, 3.8) is 0 Å². The summed E-state index contributed by atoms with van der Waals surface area (Å²) in [6, 6.07) is 0. The van der Waals surface area contributed by atoms with E-state index in [1.165, 1.54) is 5.06 Å². The molecule has 0 spiro atoms. The molecule has 2 saturated heterocycles. The summed E-state index contributed by atoms with van der Waals surface area (Å²) in [6.07, 6.45) is -0.504. The first kappa shape index (κ1) is 9.42. The molecule has 6 heteroatoms. The van der Waals surface area contributed by atoms with Gasteiger partial charge in [0.05, 0.1) is 0 Å². The minimum absolute atomic E-state index is 0.504. The van der Waals surface area contributed by atoms with Crippen LogP contribution in [0.4, 0.5) is 0 Å². The molecule has 2 aliphatic heterocycles. The van der Waals surface area contributed by atoms with Gasteiger partial charge in [0.1, 0.15) is 5.54 Å². The number of piperazine rings is 1. The van der Waals surface area contributed by atoms with Crippen molar-refractivity contribution in [2.24, 2.45) is 0 Å². The Balaban J connectivity index is 2.32. The number of hydrogen-bond acceptors (Lipinski definition) is 6. The third-order valence-corrected chi connectivity index (χ3v) is 2.51. The van der Waals surface area contributed by atoms with Crippen LogP contribution in [-0.2, 0) is 19.2 Å². The van der Waals surface area contributed by atoms with Crippen molar-refractivity contribution in [2.75, 3.05) is 13.1 Å². The number of hydrogen-bond donors (Lipinski definition) is 1. The number of esters is 1. The Morgan fingerprint density at radius 2 is 2.14 bits per heavy atom. The van der Waals surface area contributed by atoms with Crippen LogP contribution in [0.3, 0.4) is 0 Å². The minimum atomic E-state index is -0.954. The van der Waals surface area contributed by atoms with Crippen LogP contribution >= 0.6 is 0 Å². The van der Waals surface area contributed by atoms with Gasteiger partial charge in [-0.15, -0.1) is 5.06 Å². The van der Waals surface area contributed by atoms with Crippen molar-refractivity contribution in [3.05, 3.63) is 0 Å². The van der Waals surface area contributed by atoms with Gasteiger partial charge in [-0.3, -0.25) is 5.32 Å². The highest BCUT2D eigenvalue weighted by Gasteiger charge is 2.48. The second-order valence-corrected chi connectivity index (χ2v) is 3.87. The van der Waals surface area contributed by atoms with E-state index in [-0.39, 0.29) is 0 Å². The van der Waals surface area contributed by atoms with Gasteiger partial charge in [0, 0.05) is 13.1 Å². The van der Waals surface area contributed by atoms with Gasteiger partial charge >= 0.3 is 11.9 Å². The molecule has 2 aliphatic rings. The monoisotopic (exact) mass is 200 g/mol. The van der Waals surface area contributed by atoms with E-state index < -0.39 is 23.7 Å². The number of ether oxygens (including phenoxy) is 1. The Hall–Kier alpha value is -1.14. The average Bonchev–Trinajstić information content (AvgIpc) is 2.19. The van der Waals surface area contributed by atoms with Gasteiger partial charge in [0.15, 0.2) is 6.23 Å². The van der Waals surface area contributed by atoms with Crippen molar-refractivity contribution in [1.29, 1.82) is 0 Å². The molecule has 2 atom stereocenters. The number of fused-ring (bicyclic) bond motifs is 2. The molecule has 0 aromatic heterocycles. The lowest BCUT2D eigenvalue weighted by atomic mass is 10.0. The predicted molar refractivity (Wildman–Crippen MR) is 44.8 cm³/mol. The summed E-state index contributed by atoms with van der Waals surface area (Å²) in [5, 5.41) is 4.50. The lowest BCUT2D eigenvalue weighted by molar-refractivity contribution is -0.225. The van der Waals surface area contributed by atoms with Gasteiger partial charge in [-0.1, -0.05) is 0 Å². The molecule has 1 N–H and O–H groups in total. The van der Waals surface area contributed by atoms with Crippen molar-refractivity contribution < 1.29 is 19.2 Å². The molecule has 14 heavy (non-hydrogen) atoms. The van der Waals surface area contributed by atoms with Crippen LogP contribution in [0.1, 0.15) is 13.8 Å². The van der Waals surface area contributed by atoms with Crippen molar-refractivity contribution in [1.82, 2.24) is 10.4 Å². The first-order valence-corrected chi connectivity index (χ1v) is 4.46. The average molecular weight is 200 g/mol. The molecule has 2 unspecified atom stereocenters. The van der Waals surface area contributed by atoms with E-state index in [2.05, 4.69) is 5.32 Å². The number of nitrogens with one attached hydrogen (secondary N) is 1. The van der Waals surface area contributed by atoms with Crippen LogP contribution < -0.4 is 5.32 Å². The lowest BCUT2D eigenvalue weighted by Crippen LogP contribution is -2.63. The molecule has 0 aromatic carbocycles. The van der Waals surface area contributed by atoms with E-state index in [0.717, 1.165) is 0 Å². The van der Waals surface area contributed by atoms with Crippen LogP contribution in [0.15, 0.2) is 0 Å². The number of nitrogens with zero attached hydrogens (tertiary/aromatic N) is 1. The van der Waals surface area contributed by atoms with Crippen LogP contribution in [-0.4, -0.2) is 41.9 Å². The maximum absolute atomic E-state index is 11.1. The van der Waals surface area contributed by atoms with Crippen LogP contribution in [0, 0.1) is 0 Å². The van der Waals surface area contributed by atoms with Gasteiger partial charge in [-0.25, -0.2) is 9.59 Å². The summed E-state index contributed by atoms with van der Waals surface area (Å²) < 4.78 is 4.94. The topological polar surface area (TPSA) is 67.9 Å². The van der Waals surface area contributed by atoms with E-state index in [1.807, 2.05) is 13.8 Å². The Kier molecular flexibility index (Phi) is 1.97. The van der Waals surface area contributed by atoms with Crippen LogP contribution in [0.5, 0.6) is 0 Å². The molecule has 0 saturated carbocycles. The summed E-state index contributed by atoms with van der Waals surface area (Å²) >= 11 is 0. The highest BCUT2D eigenvalue weighted by Crippen LogP contribution is 2.26. The summed E-state index contributed by atoms with van der Waals surface area (Å²) in [7, 11) is 0. The van der Waals surface area contributed by atoms with Crippen molar-refractivity contribution in [2.45, 2.75) is 25.6 Å². The smallest absolute Gasteiger partial charge is 0.436 e. The zero-order valence-corrected chi connectivity index (χ0v) is 8.07. The molecule has 2 bridgehead atoms. The number of hydroxylamine groups is 2. The Morgan fingerprint density at radius 3 is 2.86 bits per heavy atom. The molecule has 0 aromatic rings. The van der Waals surface area contributed by atoms with E-state index >= 15 is 0 Å². The minimum Gasteiger partial charge on any atom is -0.436 e. The van der Waals surface area contributed by atoms with Gasteiger partial charge in [-0.2, -0.15) is 0 Å². The first-order valence-electron chi connectivity index (χ1n) is 4.46. The van der Waals surface area contributed by atoms with E-state index in [0.29, 0.717) is 13.1 Å². The van der Waals surface area contributed by atoms with E-state index in [1.54, 1.807) is 0 Å². The number of carbonyl (C=O) groups excluding carboxylic acids is 2. The molecule has 2 fully saturated rings. The molecule has 78 valence electrons. The highest BCUT2D eigenvalue weighted by molar-refractivity contribution is 6.29. The second kappa shape index (κ2) is 2.93. The van der Waals surface area contributed by atoms with Crippen molar-refractivity contribution in [3.8, 4) is 0 Å². The van der Waals surface area contributed by atoms with Gasteiger partial charge < -0.3 is 9.57 Å². The zero-order chi connectivity index (χ0) is 10.3. The SMILES string of the molecule is CC1(C)C2NCCN1OC(=O)C(=O)O2. The van der Waals surface area contributed by atoms with Gasteiger partial charge in [0.25, 0.3) is 0 Å². The Morgan fingerprint density at radius 1 is 1.43 bits per heavy atom. The van der Waals surface area contributed by atoms with E-state index in [9.17, 15) is 9.59 Å². The third-order valence-electron chi connectivity index (χ3n) is 2.51. The Bertz CT molecular complexity index is 263. The largest absolute Gasteiger partial charge is 0.436 e. The zero-order valence-electron chi connectivity index (χ0n) is 8.07. The quantitative estimate of drug-likeness (QED) is 0.400. The van der Waals surface area contributed by atoms with E-state index in [4.69, 9.17) is 9.57 Å². The van der Waals surface area contributed by atoms with Gasteiger partial charge in [-0.05, 0) is 13.8 Å². The molecule has 0 aliphatic carbocycles. The first-order chi connectivity index (χ1) is 6.51. The molecule has 0 radical (unpaired) electrons. The van der Waals surface area contributed by atoms with Crippen LogP contribution in [0.2, 0.25) is 0 Å². The molecule has 0 amide bonds. The summed E-state index contributed by atoms with van der Waals surface area (Å²) in [4.78, 5) is 27.0. The summed E-state index contributed by atoms with van der Waals surface area (Å²) in [5.41, 5.74) is -0.528. The fourth-order valence-electron chi connectivity index (χ4n) is 1.61. The Labute approximate surface area is 81.1 Å². The fraction of sp³-hybridized carbons (Fsp3) is 0.750. The standard InChI is InChI=1S/C8H12N2O4/c1-8(2)7-9-3-4-10(8)14-6(12)5(11)13-7/h7,9H,3-4H2,1-2H3. The van der Waals surface area contributed by atoms with Crippen LogP contribution in [0.25, 0.3) is 0 Å². The highest BCUT2D eigenvalue weighted by atomic mass is 16.7. The fourth-order valence-corrected chi connectivity index (χ4v) is 1.61. The normalized spacial score (nSPS) is 35.6. The maximum atomic E-state index is 11.1. The number of rotatable bonds is 0. The molecule has 2 heterocycles. The second-order valence-electron chi connectivity index (χ2n) is 3.87. The third kappa shape index (κ3) is 1.27. The predicted octanol–water partition coefficient (Wildman–Crippen LogP) is -0.989. The molecule has 2 rings (SSSR count). The van der Waals surface area contributed by atoms with Gasteiger partial charge in [0.2, 0.25) is 0 Å². The molecule has 6 nitrogen and oxygen atoms in total. The maximum Gasteiger partial charge on any atom is 0.436 e. The number of carbonyl (C=O) groups is 2. The lowest BCUT2D eigenvalue weighted by Gasteiger charge is -2.42. The molecular formula is C8H12N2O4. The molecular weight excluding hydrogens is 188 g/mol. The summed E-state index contributed by atoms with van der Waals surface area (Å²) in [6.45, 7) is 4.85. The van der Waals surface area contributed by atoms with Crippen molar-refractivity contribution >= 4 is 11.9 Å². The summed E-state index contributed by atoms with van der Waals surface area (Å²) in [5.74, 6) is -1.90.